The lowest BCUT2D eigenvalue weighted by Gasteiger charge is -2.26. The molecule has 2 rings (SSSR count). The number of aliphatic hydroxyl groups excluding tert-OH is 1. The maximum atomic E-state index is 9.68. The van der Waals surface area contributed by atoms with Crippen molar-refractivity contribution < 1.29 is 5.11 Å². The standard InChI is InChI=1S/C14H25N5O/c1-2-6-16-12-8-13(19-14(15)18-12)17-9-10-4-3-5-11(20)7-10/h8,10-11,20H,2-7,9H2,1H3,(H4,15,16,17,18,19). The molecule has 6 nitrogen and oxygen atoms in total. The summed E-state index contributed by atoms with van der Waals surface area (Å²) in [6.45, 7) is 3.79. The summed E-state index contributed by atoms with van der Waals surface area (Å²) in [5, 5.41) is 16.2. The van der Waals surface area contributed by atoms with Gasteiger partial charge in [0.2, 0.25) is 5.95 Å². The summed E-state index contributed by atoms with van der Waals surface area (Å²) < 4.78 is 0. The average Bonchev–Trinajstić information content (AvgIpc) is 2.42. The van der Waals surface area contributed by atoms with Gasteiger partial charge >= 0.3 is 0 Å². The van der Waals surface area contributed by atoms with E-state index >= 15 is 0 Å². The van der Waals surface area contributed by atoms with Gasteiger partial charge in [-0.3, -0.25) is 0 Å². The van der Waals surface area contributed by atoms with E-state index in [0.29, 0.717) is 5.92 Å². The van der Waals surface area contributed by atoms with E-state index in [9.17, 15) is 5.11 Å². The lowest BCUT2D eigenvalue weighted by molar-refractivity contribution is 0.104. The minimum absolute atomic E-state index is 0.146. The highest BCUT2D eigenvalue weighted by Gasteiger charge is 2.19. The van der Waals surface area contributed by atoms with E-state index in [1.54, 1.807) is 0 Å². The highest BCUT2D eigenvalue weighted by molar-refractivity contribution is 5.50. The van der Waals surface area contributed by atoms with Gasteiger partial charge in [0.1, 0.15) is 11.6 Å². The molecule has 1 aliphatic rings. The summed E-state index contributed by atoms with van der Waals surface area (Å²) in [5.41, 5.74) is 5.72. The number of aliphatic hydroxyl groups is 1. The van der Waals surface area contributed by atoms with Gasteiger partial charge in [-0.1, -0.05) is 13.3 Å². The fraction of sp³-hybridized carbons (Fsp3) is 0.714. The molecule has 112 valence electrons. The van der Waals surface area contributed by atoms with Crippen molar-refractivity contribution in [3.63, 3.8) is 0 Å². The Hall–Kier alpha value is -1.56. The number of hydrogen-bond donors (Lipinski definition) is 4. The van der Waals surface area contributed by atoms with Crippen LogP contribution < -0.4 is 16.4 Å². The van der Waals surface area contributed by atoms with Gasteiger partial charge in [-0.25, -0.2) is 0 Å². The highest BCUT2D eigenvalue weighted by atomic mass is 16.3. The Bertz CT molecular complexity index is 426. The second-order valence-corrected chi connectivity index (χ2v) is 5.49. The number of nitrogen functional groups attached to an aromatic ring is 1. The van der Waals surface area contributed by atoms with Crippen LogP contribution in [0.2, 0.25) is 0 Å². The molecule has 2 unspecified atom stereocenters. The third-order valence-corrected chi connectivity index (χ3v) is 3.63. The summed E-state index contributed by atoms with van der Waals surface area (Å²) in [6, 6.07) is 1.88. The van der Waals surface area contributed by atoms with E-state index in [0.717, 1.165) is 56.8 Å². The third-order valence-electron chi connectivity index (χ3n) is 3.63. The third kappa shape index (κ3) is 4.52. The topological polar surface area (TPSA) is 96.1 Å². The van der Waals surface area contributed by atoms with Gasteiger partial charge in [-0.15, -0.1) is 0 Å². The van der Waals surface area contributed by atoms with Crippen LogP contribution in [-0.2, 0) is 0 Å². The van der Waals surface area contributed by atoms with Gasteiger partial charge in [-0.2, -0.15) is 9.97 Å². The molecular formula is C14H25N5O. The van der Waals surface area contributed by atoms with Crippen LogP contribution in [-0.4, -0.2) is 34.3 Å². The molecule has 1 heterocycles. The maximum absolute atomic E-state index is 9.68. The number of aromatic nitrogens is 2. The molecule has 0 aliphatic heterocycles. The zero-order valence-corrected chi connectivity index (χ0v) is 12.1. The van der Waals surface area contributed by atoms with Gasteiger partial charge in [-0.05, 0) is 31.6 Å². The van der Waals surface area contributed by atoms with E-state index in [2.05, 4.69) is 27.5 Å². The zero-order chi connectivity index (χ0) is 14.4. The molecule has 6 heteroatoms. The Kier molecular flexibility index (Phi) is 5.40. The molecule has 20 heavy (non-hydrogen) atoms. The first-order valence-electron chi connectivity index (χ1n) is 7.47. The van der Waals surface area contributed by atoms with Crippen LogP contribution in [0.3, 0.4) is 0 Å². The quantitative estimate of drug-likeness (QED) is 0.634. The minimum Gasteiger partial charge on any atom is -0.393 e. The first kappa shape index (κ1) is 14.8. The first-order valence-corrected chi connectivity index (χ1v) is 7.47. The van der Waals surface area contributed by atoms with Crippen LogP contribution in [0.1, 0.15) is 39.0 Å². The first-order chi connectivity index (χ1) is 9.67. The van der Waals surface area contributed by atoms with Crippen LogP contribution in [0, 0.1) is 5.92 Å². The maximum Gasteiger partial charge on any atom is 0.223 e. The van der Waals surface area contributed by atoms with Crippen LogP contribution >= 0.6 is 0 Å². The fourth-order valence-corrected chi connectivity index (χ4v) is 2.60. The monoisotopic (exact) mass is 279 g/mol. The van der Waals surface area contributed by atoms with E-state index in [-0.39, 0.29) is 12.1 Å². The van der Waals surface area contributed by atoms with Crippen molar-refractivity contribution in [2.45, 2.75) is 45.1 Å². The van der Waals surface area contributed by atoms with Gasteiger partial charge in [0, 0.05) is 19.2 Å². The predicted molar refractivity (Wildman–Crippen MR) is 81.7 cm³/mol. The number of anilines is 3. The minimum atomic E-state index is -0.146. The normalized spacial score (nSPS) is 22.5. The Labute approximate surface area is 120 Å². The van der Waals surface area contributed by atoms with Crippen molar-refractivity contribution in [2.75, 3.05) is 29.5 Å². The molecule has 0 bridgehead atoms. The SMILES string of the molecule is CCCNc1cc(NCC2CCCC(O)C2)nc(N)n1. The second kappa shape index (κ2) is 7.28. The van der Waals surface area contributed by atoms with E-state index in [1.807, 2.05) is 6.07 Å². The Morgan fingerprint density at radius 3 is 2.75 bits per heavy atom. The van der Waals surface area contributed by atoms with E-state index in [4.69, 9.17) is 5.73 Å². The Morgan fingerprint density at radius 2 is 2.05 bits per heavy atom. The fourth-order valence-electron chi connectivity index (χ4n) is 2.60. The molecule has 1 saturated carbocycles. The zero-order valence-electron chi connectivity index (χ0n) is 12.1. The highest BCUT2D eigenvalue weighted by Crippen LogP contribution is 2.24. The molecule has 1 fully saturated rings. The van der Waals surface area contributed by atoms with E-state index in [1.165, 1.54) is 0 Å². The molecule has 2 atom stereocenters. The van der Waals surface area contributed by atoms with Crippen LogP contribution in [0.5, 0.6) is 0 Å². The molecule has 1 aromatic heterocycles. The van der Waals surface area contributed by atoms with Gasteiger partial charge in [0.15, 0.2) is 0 Å². The smallest absolute Gasteiger partial charge is 0.223 e. The number of hydrogen-bond acceptors (Lipinski definition) is 6. The van der Waals surface area contributed by atoms with Crippen LogP contribution in [0.4, 0.5) is 17.6 Å². The van der Waals surface area contributed by atoms with Crippen molar-refractivity contribution >= 4 is 17.6 Å². The largest absolute Gasteiger partial charge is 0.393 e. The van der Waals surface area contributed by atoms with Crippen molar-refractivity contribution in [2.24, 2.45) is 5.92 Å². The molecule has 0 aromatic carbocycles. The number of nitrogens with two attached hydrogens (primary N) is 1. The van der Waals surface area contributed by atoms with Crippen LogP contribution in [0.25, 0.3) is 0 Å². The van der Waals surface area contributed by atoms with Crippen molar-refractivity contribution in [1.82, 2.24) is 9.97 Å². The summed E-state index contributed by atoms with van der Waals surface area (Å²) in [7, 11) is 0. The van der Waals surface area contributed by atoms with Gasteiger partial charge in [0.25, 0.3) is 0 Å². The molecule has 0 spiro atoms. The molecule has 0 amide bonds. The average molecular weight is 279 g/mol. The van der Waals surface area contributed by atoms with E-state index < -0.39 is 0 Å². The second-order valence-electron chi connectivity index (χ2n) is 5.49. The lowest BCUT2D eigenvalue weighted by Crippen LogP contribution is -2.25. The Balaban J connectivity index is 1.89. The summed E-state index contributed by atoms with van der Waals surface area (Å²) in [5.74, 6) is 2.28. The molecule has 1 aliphatic carbocycles. The summed E-state index contributed by atoms with van der Waals surface area (Å²) in [4.78, 5) is 8.35. The molecule has 0 saturated heterocycles. The van der Waals surface area contributed by atoms with Crippen molar-refractivity contribution in [3.05, 3.63) is 6.07 Å². The molecular weight excluding hydrogens is 254 g/mol. The number of nitrogens with zero attached hydrogens (tertiary/aromatic N) is 2. The Morgan fingerprint density at radius 1 is 1.30 bits per heavy atom. The summed E-state index contributed by atoms with van der Waals surface area (Å²) in [6.07, 6.45) is 4.95. The van der Waals surface area contributed by atoms with Gasteiger partial charge < -0.3 is 21.5 Å². The molecule has 5 N–H and O–H groups in total. The van der Waals surface area contributed by atoms with Crippen molar-refractivity contribution in [3.8, 4) is 0 Å². The van der Waals surface area contributed by atoms with Crippen molar-refractivity contribution in [1.29, 1.82) is 0 Å². The number of nitrogens with one attached hydrogen (secondary N) is 2. The summed E-state index contributed by atoms with van der Waals surface area (Å²) >= 11 is 0. The lowest BCUT2D eigenvalue weighted by atomic mass is 9.87. The van der Waals surface area contributed by atoms with Crippen LogP contribution in [0.15, 0.2) is 6.07 Å². The van der Waals surface area contributed by atoms with Gasteiger partial charge in [0.05, 0.1) is 6.10 Å². The molecule has 0 radical (unpaired) electrons. The number of rotatable bonds is 6. The molecule has 1 aromatic rings. The predicted octanol–water partition coefficient (Wildman–Crippen LogP) is 1.84.